The maximum absolute atomic E-state index is 13.3. The minimum Gasteiger partial charge on any atom is -0.334 e. The number of halogens is 2. The van der Waals surface area contributed by atoms with E-state index in [4.69, 9.17) is 4.52 Å². The van der Waals surface area contributed by atoms with Crippen LogP contribution in [0.5, 0.6) is 0 Å². The summed E-state index contributed by atoms with van der Waals surface area (Å²) in [5, 5.41) is 6.65. The fraction of sp³-hybridized carbons (Fsp3) is 0.200. The normalized spacial score (nSPS) is 10.7. The number of hydrogen-bond acceptors (Lipinski definition) is 4. The van der Waals surface area contributed by atoms with Crippen LogP contribution >= 0.6 is 15.9 Å². The van der Waals surface area contributed by atoms with Crippen LogP contribution in [-0.4, -0.2) is 17.2 Å². The van der Waals surface area contributed by atoms with E-state index in [1.54, 1.807) is 19.2 Å². The van der Waals surface area contributed by atoms with E-state index in [9.17, 15) is 4.39 Å². The zero-order chi connectivity index (χ0) is 11.5. The first-order valence-electron chi connectivity index (χ1n) is 4.63. The number of benzene rings is 1. The average molecular weight is 286 g/mol. The predicted octanol–water partition coefficient (Wildman–Crippen LogP) is 2.36. The summed E-state index contributed by atoms with van der Waals surface area (Å²) in [6, 6.07) is 4.66. The first-order chi connectivity index (χ1) is 7.70. The zero-order valence-corrected chi connectivity index (χ0v) is 10.1. The van der Waals surface area contributed by atoms with Crippen molar-refractivity contribution in [1.82, 2.24) is 15.5 Å². The molecule has 0 saturated heterocycles. The molecule has 4 nitrogen and oxygen atoms in total. The van der Waals surface area contributed by atoms with Gasteiger partial charge in [0.05, 0.1) is 11.0 Å². The van der Waals surface area contributed by atoms with Crippen molar-refractivity contribution in [2.45, 2.75) is 6.54 Å². The van der Waals surface area contributed by atoms with Gasteiger partial charge in [0.25, 0.3) is 5.89 Å². The molecule has 1 aromatic carbocycles. The molecule has 16 heavy (non-hydrogen) atoms. The number of nitrogens with one attached hydrogen (secondary N) is 1. The molecule has 1 heterocycles. The maximum Gasteiger partial charge on any atom is 0.258 e. The van der Waals surface area contributed by atoms with Crippen LogP contribution in [0.15, 0.2) is 27.2 Å². The van der Waals surface area contributed by atoms with Crippen molar-refractivity contribution in [2.24, 2.45) is 0 Å². The molecule has 0 aliphatic heterocycles. The summed E-state index contributed by atoms with van der Waals surface area (Å²) in [7, 11) is 1.79. The number of hydrogen-bond donors (Lipinski definition) is 1. The van der Waals surface area contributed by atoms with E-state index >= 15 is 0 Å². The average Bonchev–Trinajstić information content (AvgIpc) is 2.71. The minimum absolute atomic E-state index is 0.316. The fourth-order valence-electron chi connectivity index (χ4n) is 1.23. The van der Waals surface area contributed by atoms with Gasteiger partial charge >= 0.3 is 0 Å². The highest BCUT2D eigenvalue weighted by Gasteiger charge is 2.10. The van der Waals surface area contributed by atoms with Crippen molar-refractivity contribution in [3.63, 3.8) is 0 Å². The Labute approximate surface area is 100.0 Å². The molecule has 0 aliphatic rings. The highest BCUT2D eigenvalue weighted by molar-refractivity contribution is 9.10. The second-order valence-electron chi connectivity index (χ2n) is 3.17. The van der Waals surface area contributed by atoms with Gasteiger partial charge < -0.3 is 9.84 Å². The molecule has 0 fully saturated rings. The lowest BCUT2D eigenvalue weighted by molar-refractivity contribution is 0.420. The summed E-state index contributed by atoms with van der Waals surface area (Å²) in [5.41, 5.74) is 0.565. The Hall–Kier alpha value is -1.27. The van der Waals surface area contributed by atoms with Crippen molar-refractivity contribution >= 4 is 15.9 Å². The van der Waals surface area contributed by atoms with Gasteiger partial charge in [-0.05, 0) is 41.2 Å². The molecular formula is C10H9BrFN3O. The lowest BCUT2D eigenvalue weighted by Crippen LogP contribution is -2.06. The monoisotopic (exact) mass is 285 g/mol. The Morgan fingerprint density at radius 3 is 3.00 bits per heavy atom. The number of aromatic nitrogens is 2. The van der Waals surface area contributed by atoms with E-state index in [0.717, 1.165) is 0 Å². The van der Waals surface area contributed by atoms with Crippen molar-refractivity contribution in [3.05, 3.63) is 34.3 Å². The summed E-state index contributed by atoms with van der Waals surface area (Å²) in [6.45, 7) is 0.516. The van der Waals surface area contributed by atoms with Crippen LogP contribution in [0.2, 0.25) is 0 Å². The summed E-state index contributed by atoms with van der Waals surface area (Å²) in [4.78, 5) is 4.12. The second-order valence-corrected chi connectivity index (χ2v) is 4.03. The van der Waals surface area contributed by atoms with E-state index in [1.807, 2.05) is 0 Å². The van der Waals surface area contributed by atoms with Gasteiger partial charge in [-0.15, -0.1) is 0 Å². The number of nitrogens with zero attached hydrogens (tertiary/aromatic N) is 2. The van der Waals surface area contributed by atoms with Crippen LogP contribution < -0.4 is 5.32 Å². The molecule has 0 aliphatic carbocycles. The molecule has 1 N–H and O–H groups in total. The maximum atomic E-state index is 13.3. The molecule has 84 valence electrons. The van der Waals surface area contributed by atoms with E-state index in [0.29, 0.717) is 28.3 Å². The van der Waals surface area contributed by atoms with Crippen molar-refractivity contribution in [2.75, 3.05) is 7.05 Å². The summed E-state index contributed by atoms with van der Waals surface area (Å²) in [6.07, 6.45) is 0. The van der Waals surface area contributed by atoms with Gasteiger partial charge in [0.2, 0.25) is 0 Å². The Bertz CT molecular complexity index is 501. The molecule has 0 unspecified atom stereocenters. The molecule has 2 aromatic rings. The molecule has 6 heteroatoms. The Balaban J connectivity index is 2.31. The van der Waals surface area contributed by atoms with Crippen LogP contribution in [-0.2, 0) is 6.54 Å². The largest absolute Gasteiger partial charge is 0.334 e. The summed E-state index contributed by atoms with van der Waals surface area (Å²) < 4.78 is 18.7. The van der Waals surface area contributed by atoms with Crippen molar-refractivity contribution in [3.8, 4) is 11.5 Å². The van der Waals surface area contributed by atoms with Crippen LogP contribution in [0.1, 0.15) is 5.82 Å². The first-order valence-corrected chi connectivity index (χ1v) is 5.42. The van der Waals surface area contributed by atoms with Gasteiger partial charge in [-0.1, -0.05) is 5.16 Å². The van der Waals surface area contributed by atoms with Crippen molar-refractivity contribution < 1.29 is 8.91 Å². The minimum atomic E-state index is -0.356. The highest BCUT2D eigenvalue weighted by atomic mass is 79.9. The Kier molecular flexibility index (Phi) is 3.31. The molecular weight excluding hydrogens is 277 g/mol. The highest BCUT2D eigenvalue weighted by Crippen LogP contribution is 2.23. The van der Waals surface area contributed by atoms with E-state index < -0.39 is 0 Å². The van der Waals surface area contributed by atoms with E-state index in [-0.39, 0.29) is 5.82 Å². The SMILES string of the molecule is CNCc1noc(-c2ccc(Br)c(F)c2)n1. The van der Waals surface area contributed by atoms with E-state index in [1.165, 1.54) is 6.07 Å². The third kappa shape index (κ3) is 2.28. The molecule has 0 saturated carbocycles. The molecule has 2 rings (SSSR count). The third-order valence-corrected chi connectivity index (χ3v) is 2.61. The molecule has 0 radical (unpaired) electrons. The van der Waals surface area contributed by atoms with Crippen LogP contribution in [0.3, 0.4) is 0 Å². The molecule has 0 spiro atoms. The van der Waals surface area contributed by atoms with E-state index in [2.05, 4.69) is 31.4 Å². The van der Waals surface area contributed by atoms with Crippen LogP contribution in [0, 0.1) is 5.82 Å². The summed E-state index contributed by atoms with van der Waals surface area (Å²) in [5.74, 6) is 0.503. The van der Waals surface area contributed by atoms with Gasteiger partial charge in [-0.2, -0.15) is 4.98 Å². The van der Waals surface area contributed by atoms with Gasteiger partial charge in [0.15, 0.2) is 5.82 Å². The fourth-order valence-corrected chi connectivity index (χ4v) is 1.48. The smallest absolute Gasteiger partial charge is 0.258 e. The lowest BCUT2D eigenvalue weighted by atomic mass is 10.2. The van der Waals surface area contributed by atoms with Gasteiger partial charge in [0, 0.05) is 5.56 Å². The predicted molar refractivity (Wildman–Crippen MR) is 60.2 cm³/mol. The van der Waals surface area contributed by atoms with Crippen LogP contribution in [0.25, 0.3) is 11.5 Å². The Morgan fingerprint density at radius 2 is 2.31 bits per heavy atom. The first kappa shape index (κ1) is 11.2. The molecule has 0 atom stereocenters. The second kappa shape index (κ2) is 4.71. The van der Waals surface area contributed by atoms with Crippen LogP contribution in [0.4, 0.5) is 4.39 Å². The Morgan fingerprint density at radius 1 is 1.50 bits per heavy atom. The third-order valence-electron chi connectivity index (χ3n) is 1.97. The number of rotatable bonds is 3. The molecule has 0 bridgehead atoms. The lowest BCUT2D eigenvalue weighted by Gasteiger charge is -1.96. The quantitative estimate of drug-likeness (QED) is 0.941. The van der Waals surface area contributed by atoms with Gasteiger partial charge in [0.1, 0.15) is 5.82 Å². The molecule has 0 amide bonds. The summed E-state index contributed by atoms with van der Waals surface area (Å²) >= 11 is 3.08. The zero-order valence-electron chi connectivity index (χ0n) is 8.50. The molecule has 1 aromatic heterocycles. The standard InChI is InChI=1S/C10H9BrFN3O/c1-13-5-9-14-10(16-15-9)6-2-3-7(11)8(12)4-6/h2-4,13H,5H2,1H3. The topological polar surface area (TPSA) is 51.0 Å². The van der Waals surface area contributed by atoms with Gasteiger partial charge in [-0.25, -0.2) is 4.39 Å². The van der Waals surface area contributed by atoms with Crippen molar-refractivity contribution in [1.29, 1.82) is 0 Å². The van der Waals surface area contributed by atoms with Gasteiger partial charge in [-0.3, -0.25) is 0 Å².